The van der Waals surface area contributed by atoms with Crippen LogP contribution in [0.15, 0.2) is 164 Å². The van der Waals surface area contributed by atoms with Crippen LogP contribution < -0.4 is 10.6 Å². The fourth-order valence-corrected chi connectivity index (χ4v) is 5.90. The largest absolute Gasteiger partial charge is 0.388 e. The van der Waals surface area contributed by atoms with Gasteiger partial charge >= 0.3 is 0 Å². The lowest BCUT2D eigenvalue weighted by Gasteiger charge is -2.13. The quantitative estimate of drug-likeness (QED) is 0.184. The number of nitrogens with zero attached hydrogens (tertiary/aromatic N) is 1. The van der Waals surface area contributed by atoms with Gasteiger partial charge in [-0.25, -0.2) is 4.98 Å². The standard InChI is InChI=1S/C43H35N3/c1-44-40-17-9-15-34(26-40)42-28-39(29-43(46-42)35-16-10-18-41(27-35)45-2)33-21-19-32(20-22-33)38-24-36(30-11-5-3-6-12-30)23-37(25-38)31-13-7-4-8-14-31/h3-29,44-45H,1-2H3. The van der Waals surface area contributed by atoms with Gasteiger partial charge in [0.2, 0.25) is 0 Å². The van der Waals surface area contributed by atoms with Crippen molar-refractivity contribution >= 4 is 11.4 Å². The van der Waals surface area contributed by atoms with Gasteiger partial charge in [0.15, 0.2) is 0 Å². The normalized spacial score (nSPS) is 10.8. The lowest BCUT2D eigenvalue weighted by molar-refractivity contribution is 1.32. The van der Waals surface area contributed by atoms with Gasteiger partial charge in [0.25, 0.3) is 0 Å². The second kappa shape index (κ2) is 13.0. The molecule has 0 aliphatic heterocycles. The number of benzene rings is 6. The van der Waals surface area contributed by atoms with Crippen molar-refractivity contribution in [3.8, 4) is 67.0 Å². The Kier molecular flexibility index (Phi) is 8.13. The zero-order valence-electron chi connectivity index (χ0n) is 26.0. The number of hydrogen-bond donors (Lipinski definition) is 2. The van der Waals surface area contributed by atoms with E-state index in [1.54, 1.807) is 0 Å². The average Bonchev–Trinajstić information content (AvgIpc) is 3.15. The van der Waals surface area contributed by atoms with Gasteiger partial charge in [0.1, 0.15) is 0 Å². The minimum Gasteiger partial charge on any atom is -0.388 e. The second-order valence-corrected chi connectivity index (χ2v) is 11.4. The zero-order chi connectivity index (χ0) is 31.3. The van der Waals surface area contributed by atoms with Crippen LogP contribution in [0.5, 0.6) is 0 Å². The summed E-state index contributed by atoms with van der Waals surface area (Å²) >= 11 is 0. The lowest BCUT2D eigenvalue weighted by atomic mass is 9.92. The van der Waals surface area contributed by atoms with Crippen molar-refractivity contribution in [2.24, 2.45) is 0 Å². The molecule has 6 aromatic carbocycles. The molecule has 0 bridgehead atoms. The van der Waals surface area contributed by atoms with Crippen LogP contribution >= 0.6 is 0 Å². The lowest BCUT2D eigenvalue weighted by Crippen LogP contribution is -1.94. The van der Waals surface area contributed by atoms with E-state index in [4.69, 9.17) is 4.98 Å². The van der Waals surface area contributed by atoms with E-state index < -0.39 is 0 Å². The van der Waals surface area contributed by atoms with Gasteiger partial charge in [-0.15, -0.1) is 0 Å². The van der Waals surface area contributed by atoms with Gasteiger partial charge in [-0.3, -0.25) is 0 Å². The molecule has 0 aliphatic carbocycles. The Labute approximate surface area is 271 Å². The Morgan fingerprint density at radius 1 is 0.304 bits per heavy atom. The maximum absolute atomic E-state index is 5.14. The maximum Gasteiger partial charge on any atom is 0.0716 e. The predicted molar refractivity (Wildman–Crippen MR) is 196 cm³/mol. The van der Waals surface area contributed by atoms with E-state index in [-0.39, 0.29) is 0 Å². The van der Waals surface area contributed by atoms with Gasteiger partial charge < -0.3 is 10.6 Å². The van der Waals surface area contributed by atoms with Crippen molar-refractivity contribution in [2.45, 2.75) is 0 Å². The van der Waals surface area contributed by atoms with Gasteiger partial charge in [0, 0.05) is 36.6 Å². The van der Waals surface area contributed by atoms with Crippen LogP contribution in [0.25, 0.3) is 67.0 Å². The highest BCUT2D eigenvalue weighted by molar-refractivity contribution is 5.83. The predicted octanol–water partition coefficient (Wildman–Crippen LogP) is 11.2. The van der Waals surface area contributed by atoms with E-state index in [1.165, 1.54) is 33.4 Å². The molecule has 0 unspecified atom stereocenters. The molecule has 222 valence electrons. The minimum atomic E-state index is 0.937. The van der Waals surface area contributed by atoms with Crippen LogP contribution in [-0.4, -0.2) is 19.1 Å². The number of rotatable bonds is 8. The summed E-state index contributed by atoms with van der Waals surface area (Å²) in [5, 5.41) is 6.52. The topological polar surface area (TPSA) is 37.0 Å². The first-order valence-electron chi connectivity index (χ1n) is 15.6. The Morgan fingerprint density at radius 3 is 1.04 bits per heavy atom. The second-order valence-electron chi connectivity index (χ2n) is 11.4. The molecule has 46 heavy (non-hydrogen) atoms. The first-order chi connectivity index (χ1) is 22.7. The molecule has 0 amide bonds. The smallest absolute Gasteiger partial charge is 0.0716 e. The average molecular weight is 594 g/mol. The molecule has 0 aliphatic rings. The van der Waals surface area contributed by atoms with E-state index in [1.807, 2.05) is 14.1 Å². The number of pyridine rings is 1. The molecule has 0 saturated heterocycles. The van der Waals surface area contributed by atoms with Crippen molar-refractivity contribution in [1.82, 2.24) is 4.98 Å². The Balaban J connectivity index is 1.31. The SMILES string of the molecule is CNc1cccc(-c2cc(-c3ccc(-c4cc(-c5ccccc5)cc(-c5ccccc5)c4)cc3)cc(-c3cccc(NC)c3)n2)c1. The summed E-state index contributed by atoms with van der Waals surface area (Å²) in [6.07, 6.45) is 0. The third-order valence-corrected chi connectivity index (χ3v) is 8.42. The highest BCUT2D eigenvalue weighted by atomic mass is 14.8. The molecule has 0 saturated carbocycles. The summed E-state index contributed by atoms with van der Waals surface area (Å²) in [5.74, 6) is 0. The molecule has 7 rings (SSSR count). The summed E-state index contributed by atoms with van der Waals surface area (Å²) in [4.78, 5) is 5.14. The summed E-state index contributed by atoms with van der Waals surface area (Å²) in [6, 6.07) is 58.2. The van der Waals surface area contributed by atoms with Crippen molar-refractivity contribution in [3.63, 3.8) is 0 Å². The Bertz CT molecular complexity index is 1980. The molecule has 7 aromatic rings. The molecular formula is C43H35N3. The van der Waals surface area contributed by atoms with E-state index in [2.05, 4.69) is 174 Å². The Morgan fingerprint density at radius 2 is 0.652 bits per heavy atom. The van der Waals surface area contributed by atoms with Crippen LogP contribution in [0.3, 0.4) is 0 Å². The third-order valence-electron chi connectivity index (χ3n) is 8.42. The number of nitrogens with one attached hydrogen (secondary N) is 2. The monoisotopic (exact) mass is 593 g/mol. The van der Waals surface area contributed by atoms with Gasteiger partial charge in [-0.2, -0.15) is 0 Å². The fourth-order valence-electron chi connectivity index (χ4n) is 5.90. The minimum absolute atomic E-state index is 0.937. The third kappa shape index (κ3) is 6.17. The number of anilines is 2. The van der Waals surface area contributed by atoms with Crippen molar-refractivity contribution in [1.29, 1.82) is 0 Å². The van der Waals surface area contributed by atoms with Crippen LogP contribution in [0.2, 0.25) is 0 Å². The van der Waals surface area contributed by atoms with Crippen LogP contribution in [0.1, 0.15) is 0 Å². The van der Waals surface area contributed by atoms with Gasteiger partial charge in [-0.05, 0) is 99.1 Å². The van der Waals surface area contributed by atoms with Crippen molar-refractivity contribution in [3.05, 3.63) is 164 Å². The van der Waals surface area contributed by atoms with E-state index >= 15 is 0 Å². The van der Waals surface area contributed by atoms with Crippen LogP contribution in [0.4, 0.5) is 11.4 Å². The highest BCUT2D eigenvalue weighted by Gasteiger charge is 2.12. The number of hydrogen-bond acceptors (Lipinski definition) is 3. The first kappa shape index (κ1) is 28.8. The highest BCUT2D eigenvalue weighted by Crippen LogP contribution is 2.36. The molecule has 0 radical (unpaired) electrons. The fraction of sp³-hybridized carbons (Fsp3) is 0.0465. The summed E-state index contributed by atoms with van der Waals surface area (Å²) in [7, 11) is 3.88. The van der Waals surface area contributed by atoms with Crippen molar-refractivity contribution in [2.75, 3.05) is 24.7 Å². The molecule has 1 aromatic heterocycles. The summed E-state index contributed by atoms with van der Waals surface area (Å²) < 4.78 is 0. The molecule has 0 fully saturated rings. The van der Waals surface area contributed by atoms with Crippen LogP contribution in [-0.2, 0) is 0 Å². The molecular weight excluding hydrogens is 558 g/mol. The van der Waals surface area contributed by atoms with Crippen LogP contribution in [0, 0.1) is 0 Å². The zero-order valence-corrected chi connectivity index (χ0v) is 26.0. The molecule has 0 spiro atoms. The summed E-state index contributed by atoms with van der Waals surface area (Å²) in [5.41, 5.74) is 15.6. The molecule has 0 atom stereocenters. The molecule has 1 heterocycles. The molecule has 3 nitrogen and oxygen atoms in total. The Hall–Kier alpha value is -5.93. The molecule has 3 heteroatoms. The van der Waals surface area contributed by atoms with E-state index in [0.717, 1.165) is 45.0 Å². The van der Waals surface area contributed by atoms with E-state index in [9.17, 15) is 0 Å². The maximum atomic E-state index is 5.14. The van der Waals surface area contributed by atoms with Crippen molar-refractivity contribution < 1.29 is 0 Å². The van der Waals surface area contributed by atoms with Gasteiger partial charge in [-0.1, -0.05) is 109 Å². The molecule has 2 N–H and O–H groups in total. The van der Waals surface area contributed by atoms with Gasteiger partial charge in [0.05, 0.1) is 11.4 Å². The summed E-state index contributed by atoms with van der Waals surface area (Å²) in [6.45, 7) is 0. The number of aromatic nitrogens is 1. The first-order valence-corrected chi connectivity index (χ1v) is 15.6. The van der Waals surface area contributed by atoms with E-state index in [0.29, 0.717) is 0 Å².